The monoisotopic (exact) mass is 175 g/mol. The van der Waals surface area contributed by atoms with Crippen LogP contribution in [-0.2, 0) is 0 Å². The summed E-state index contributed by atoms with van der Waals surface area (Å²) in [6, 6.07) is 4.17. The van der Waals surface area contributed by atoms with Gasteiger partial charge in [-0.2, -0.15) is 5.10 Å². The van der Waals surface area contributed by atoms with Gasteiger partial charge in [0.2, 0.25) is 0 Å². The van der Waals surface area contributed by atoms with Crippen LogP contribution in [0.4, 0.5) is 0 Å². The lowest BCUT2D eigenvalue weighted by atomic mass is 10.1. The minimum Gasteiger partial charge on any atom is -0.324 e. The van der Waals surface area contributed by atoms with Gasteiger partial charge in [0.1, 0.15) is 0 Å². The highest BCUT2D eigenvalue weighted by Crippen LogP contribution is 2.16. The van der Waals surface area contributed by atoms with E-state index in [0.717, 1.165) is 11.1 Å². The van der Waals surface area contributed by atoms with Crippen LogP contribution in [0.5, 0.6) is 0 Å². The van der Waals surface area contributed by atoms with E-state index >= 15 is 0 Å². The summed E-state index contributed by atoms with van der Waals surface area (Å²) < 4.78 is 1.87. The van der Waals surface area contributed by atoms with Gasteiger partial charge in [0.05, 0.1) is 11.7 Å². The number of nitrogens with two attached hydrogens (primary N) is 1. The van der Waals surface area contributed by atoms with Gasteiger partial charge in [-0.15, -0.1) is 0 Å². The Morgan fingerprint density at radius 3 is 2.92 bits per heavy atom. The van der Waals surface area contributed by atoms with E-state index in [4.69, 9.17) is 5.73 Å². The molecule has 0 amide bonds. The summed E-state index contributed by atoms with van der Waals surface area (Å²) in [6.07, 6.45) is 3.83. The maximum Gasteiger partial charge on any atom is 0.0709 e. The smallest absolute Gasteiger partial charge is 0.0709 e. The van der Waals surface area contributed by atoms with Crippen molar-refractivity contribution in [1.29, 1.82) is 0 Å². The molecule has 0 fully saturated rings. The molecule has 68 valence electrons. The van der Waals surface area contributed by atoms with Gasteiger partial charge in [-0.3, -0.25) is 0 Å². The van der Waals surface area contributed by atoms with Crippen molar-refractivity contribution in [2.45, 2.75) is 19.9 Å². The third kappa shape index (κ3) is 1.31. The van der Waals surface area contributed by atoms with Crippen molar-refractivity contribution in [3.05, 3.63) is 35.7 Å². The van der Waals surface area contributed by atoms with Gasteiger partial charge in [-0.1, -0.05) is 6.07 Å². The van der Waals surface area contributed by atoms with Crippen LogP contribution < -0.4 is 5.73 Å². The number of hydrogen-bond acceptors (Lipinski definition) is 2. The number of rotatable bonds is 1. The molecule has 2 rings (SSSR count). The molecule has 0 aromatic carbocycles. The quantitative estimate of drug-likeness (QED) is 0.716. The lowest BCUT2D eigenvalue weighted by molar-refractivity contribution is 0.826. The summed E-state index contributed by atoms with van der Waals surface area (Å²) >= 11 is 0. The Hall–Kier alpha value is -1.35. The topological polar surface area (TPSA) is 43.3 Å². The van der Waals surface area contributed by atoms with Gasteiger partial charge in [-0.05, 0) is 25.5 Å². The summed E-state index contributed by atoms with van der Waals surface area (Å²) in [5.74, 6) is 0. The summed E-state index contributed by atoms with van der Waals surface area (Å²) in [4.78, 5) is 0. The molecular weight excluding hydrogens is 162 g/mol. The molecule has 0 radical (unpaired) electrons. The normalized spacial score (nSPS) is 13.5. The zero-order valence-electron chi connectivity index (χ0n) is 7.86. The second kappa shape index (κ2) is 2.85. The zero-order valence-corrected chi connectivity index (χ0v) is 7.86. The first kappa shape index (κ1) is 8.26. The van der Waals surface area contributed by atoms with Gasteiger partial charge < -0.3 is 5.73 Å². The Balaban J connectivity index is 2.69. The molecule has 2 aromatic rings. The number of aryl methyl sites for hydroxylation is 1. The van der Waals surface area contributed by atoms with E-state index in [2.05, 4.69) is 17.2 Å². The fraction of sp³-hybridized carbons (Fsp3) is 0.300. The SMILES string of the molecule is Cc1ccc2c(C(C)N)cnn2c1. The predicted octanol–water partition coefficient (Wildman–Crippen LogP) is 1.66. The first-order valence-corrected chi connectivity index (χ1v) is 4.38. The molecule has 2 N–H and O–H groups in total. The molecule has 1 atom stereocenters. The fourth-order valence-electron chi connectivity index (χ4n) is 1.46. The molecule has 0 aliphatic carbocycles. The summed E-state index contributed by atoms with van der Waals surface area (Å²) in [5.41, 5.74) is 9.20. The first-order valence-electron chi connectivity index (χ1n) is 4.38. The highest BCUT2D eigenvalue weighted by atomic mass is 15.2. The largest absolute Gasteiger partial charge is 0.324 e. The van der Waals surface area contributed by atoms with Crippen molar-refractivity contribution in [3.63, 3.8) is 0 Å². The van der Waals surface area contributed by atoms with Gasteiger partial charge in [0, 0.05) is 17.8 Å². The third-order valence-corrected chi connectivity index (χ3v) is 2.18. The Kier molecular flexibility index (Phi) is 1.81. The lowest BCUT2D eigenvalue weighted by Crippen LogP contribution is -2.04. The van der Waals surface area contributed by atoms with Crippen molar-refractivity contribution < 1.29 is 0 Å². The Morgan fingerprint density at radius 2 is 2.23 bits per heavy atom. The maximum atomic E-state index is 5.81. The molecule has 0 saturated carbocycles. The van der Waals surface area contributed by atoms with Gasteiger partial charge in [0.15, 0.2) is 0 Å². The molecular formula is C10H13N3. The first-order chi connectivity index (χ1) is 6.18. The van der Waals surface area contributed by atoms with Crippen molar-refractivity contribution in [2.75, 3.05) is 0 Å². The number of nitrogens with zero attached hydrogens (tertiary/aromatic N) is 2. The predicted molar refractivity (Wildman–Crippen MR) is 52.5 cm³/mol. The second-order valence-corrected chi connectivity index (χ2v) is 3.42. The number of pyridine rings is 1. The van der Waals surface area contributed by atoms with Crippen LogP contribution in [0, 0.1) is 6.92 Å². The molecule has 0 saturated heterocycles. The minimum atomic E-state index is 0.0419. The van der Waals surface area contributed by atoms with E-state index in [9.17, 15) is 0 Å². The second-order valence-electron chi connectivity index (χ2n) is 3.42. The Labute approximate surface area is 77.2 Å². The van der Waals surface area contributed by atoms with E-state index in [1.165, 1.54) is 5.56 Å². The average Bonchev–Trinajstić information content (AvgIpc) is 2.46. The number of hydrogen-bond donors (Lipinski definition) is 1. The number of aromatic nitrogens is 2. The van der Waals surface area contributed by atoms with E-state index in [1.807, 2.05) is 30.8 Å². The van der Waals surface area contributed by atoms with E-state index in [0.29, 0.717) is 0 Å². The van der Waals surface area contributed by atoms with Gasteiger partial charge >= 0.3 is 0 Å². The van der Waals surface area contributed by atoms with Crippen LogP contribution in [0.15, 0.2) is 24.5 Å². The zero-order chi connectivity index (χ0) is 9.42. The number of fused-ring (bicyclic) bond motifs is 1. The molecule has 0 aliphatic rings. The van der Waals surface area contributed by atoms with Crippen LogP contribution in [0.1, 0.15) is 24.1 Å². The van der Waals surface area contributed by atoms with Crippen molar-refractivity contribution in [3.8, 4) is 0 Å². The molecule has 3 heteroatoms. The Bertz CT molecular complexity index is 429. The van der Waals surface area contributed by atoms with Crippen LogP contribution in [0.2, 0.25) is 0 Å². The molecule has 0 spiro atoms. The van der Waals surface area contributed by atoms with Crippen LogP contribution in [-0.4, -0.2) is 9.61 Å². The fourth-order valence-corrected chi connectivity index (χ4v) is 1.46. The standard InChI is InChI=1S/C10H13N3/c1-7-3-4-10-9(8(2)11)5-12-13(10)6-7/h3-6,8H,11H2,1-2H3. The van der Waals surface area contributed by atoms with E-state index in [1.54, 1.807) is 0 Å². The summed E-state index contributed by atoms with van der Waals surface area (Å²) in [6.45, 7) is 4.02. The maximum absolute atomic E-state index is 5.81. The van der Waals surface area contributed by atoms with E-state index in [-0.39, 0.29) is 6.04 Å². The van der Waals surface area contributed by atoms with Crippen molar-refractivity contribution >= 4 is 5.52 Å². The highest BCUT2D eigenvalue weighted by molar-refractivity contribution is 5.55. The summed E-state index contributed by atoms with van der Waals surface area (Å²) in [7, 11) is 0. The molecule has 0 bridgehead atoms. The van der Waals surface area contributed by atoms with Crippen LogP contribution >= 0.6 is 0 Å². The molecule has 2 heterocycles. The highest BCUT2D eigenvalue weighted by Gasteiger charge is 2.06. The summed E-state index contributed by atoms with van der Waals surface area (Å²) in [5, 5.41) is 4.24. The molecule has 13 heavy (non-hydrogen) atoms. The van der Waals surface area contributed by atoms with Crippen molar-refractivity contribution in [1.82, 2.24) is 9.61 Å². The molecule has 2 aromatic heterocycles. The van der Waals surface area contributed by atoms with Crippen LogP contribution in [0.3, 0.4) is 0 Å². The molecule has 0 aliphatic heterocycles. The van der Waals surface area contributed by atoms with Crippen LogP contribution in [0.25, 0.3) is 5.52 Å². The van der Waals surface area contributed by atoms with Gasteiger partial charge in [-0.25, -0.2) is 4.52 Å². The molecule has 3 nitrogen and oxygen atoms in total. The Morgan fingerprint density at radius 1 is 1.46 bits per heavy atom. The van der Waals surface area contributed by atoms with E-state index < -0.39 is 0 Å². The third-order valence-electron chi connectivity index (χ3n) is 2.18. The van der Waals surface area contributed by atoms with Crippen molar-refractivity contribution in [2.24, 2.45) is 5.73 Å². The van der Waals surface area contributed by atoms with Gasteiger partial charge in [0.25, 0.3) is 0 Å². The molecule has 1 unspecified atom stereocenters. The average molecular weight is 175 g/mol. The lowest BCUT2D eigenvalue weighted by Gasteiger charge is -2.02. The minimum absolute atomic E-state index is 0.0419.